The summed E-state index contributed by atoms with van der Waals surface area (Å²) in [5.41, 5.74) is 15.5. The lowest BCUT2D eigenvalue weighted by Crippen LogP contribution is -2.20. The van der Waals surface area contributed by atoms with Crippen LogP contribution in [0.1, 0.15) is 16.8 Å². The molecule has 0 amide bonds. The highest BCUT2D eigenvalue weighted by atomic mass is 16.5. The van der Waals surface area contributed by atoms with Gasteiger partial charge in [0.25, 0.3) is 5.56 Å². The van der Waals surface area contributed by atoms with Crippen LogP contribution in [-0.2, 0) is 16.1 Å². The van der Waals surface area contributed by atoms with Crippen molar-refractivity contribution in [2.45, 2.75) is 6.61 Å². The number of hydrogen-bond acceptors (Lipinski definition) is 6. The van der Waals surface area contributed by atoms with Crippen molar-refractivity contribution in [2.24, 2.45) is 11.5 Å². The summed E-state index contributed by atoms with van der Waals surface area (Å²) in [6.07, 6.45) is 0. The van der Waals surface area contributed by atoms with Gasteiger partial charge in [-0.05, 0) is 29.3 Å². The van der Waals surface area contributed by atoms with E-state index in [4.69, 9.17) is 20.9 Å². The fraction of sp³-hybridized carbons (Fsp3) is 0.200. The number of nitrogens with one attached hydrogen (secondary N) is 1. The van der Waals surface area contributed by atoms with Crippen LogP contribution in [0.15, 0.2) is 53.3 Å². The Kier molecular flexibility index (Phi) is 5.85. The first-order valence-electron chi connectivity index (χ1n) is 8.51. The van der Waals surface area contributed by atoms with E-state index >= 15 is 0 Å². The van der Waals surface area contributed by atoms with Crippen LogP contribution in [0.25, 0.3) is 22.4 Å². The zero-order valence-corrected chi connectivity index (χ0v) is 15.1. The van der Waals surface area contributed by atoms with Gasteiger partial charge in [-0.1, -0.05) is 30.3 Å². The van der Waals surface area contributed by atoms with Gasteiger partial charge in [0, 0.05) is 7.11 Å². The van der Waals surface area contributed by atoms with Crippen molar-refractivity contribution in [3.63, 3.8) is 0 Å². The van der Waals surface area contributed by atoms with E-state index in [-0.39, 0.29) is 17.0 Å². The lowest BCUT2D eigenvalue weighted by Gasteiger charge is -2.10. The van der Waals surface area contributed by atoms with E-state index in [2.05, 4.69) is 9.97 Å². The second-order valence-electron chi connectivity index (χ2n) is 6.00. The molecule has 0 aliphatic heterocycles. The molecule has 0 bridgehead atoms. The summed E-state index contributed by atoms with van der Waals surface area (Å²) in [4.78, 5) is 19.5. The number of para-hydroxylation sites is 2. The highest BCUT2D eigenvalue weighted by molar-refractivity contribution is 5.87. The van der Waals surface area contributed by atoms with Crippen LogP contribution in [0, 0.1) is 0 Å². The molecule has 0 spiro atoms. The maximum atomic E-state index is 12.4. The van der Waals surface area contributed by atoms with Gasteiger partial charge in [0.15, 0.2) is 5.69 Å². The topological polar surface area (TPSA) is 116 Å². The zero-order valence-electron chi connectivity index (χ0n) is 15.1. The van der Waals surface area contributed by atoms with E-state index in [1.54, 1.807) is 19.2 Å². The van der Waals surface area contributed by atoms with E-state index in [1.807, 2.05) is 36.4 Å². The molecule has 0 saturated heterocycles. The lowest BCUT2D eigenvalue weighted by molar-refractivity contribution is 0.0616. The second-order valence-corrected chi connectivity index (χ2v) is 6.00. The number of aromatic amines is 1. The first-order chi connectivity index (χ1) is 13.1. The summed E-state index contributed by atoms with van der Waals surface area (Å²) in [6, 6.07) is 14.8. The van der Waals surface area contributed by atoms with Crippen molar-refractivity contribution in [3.05, 3.63) is 75.7 Å². The van der Waals surface area contributed by atoms with Crippen LogP contribution in [0.5, 0.6) is 0 Å². The summed E-state index contributed by atoms with van der Waals surface area (Å²) in [5.74, 6) is 0. The Morgan fingerprint density at radius 1 is 1.07 bits per heavy atom. The van der Waals surface area contributed by atoms with Crippen LogP contribution in [-0.4, -0.2) is 30.3 Å². The maximum Gasteiger partial charge on any atom is 0.276 e. The van der Waals surface area contributed by atoms with Crippen molar-refractivity contribution in [3.8, 4) is 0 Å². The minimum Gasteiger partial charge on any atom is -0.397 e. The van der Waals surface area contributed by atoms with Gasteiger partial charge in [-0.2, -0.15) is 0 Å². The Morgan fingerprint density at radius 2 is 1.89 bits per heavy atom. The van der Waals surface area contributed by atoms with Gasteiger partial charge in [0.2, 0.25) is 0 Å². The van der Waals surface area contributed by atoms with Crippen LogP contribution >= 0.6 is 0 Å². The third-order valence-electron chi connectivity index (χ3n) is 4.08. The minimum atomic E-state index is -0.381. The summed E-state index contributed by atoms with van der Waals surface area (Å²) in [7, 11) is 1.63. The molecule has 0 atom stereocenters. The fourth-order valence-electron chi connectivity index (χ4n) is 2.66. The van der Waals surface area contributed by atoms with E-state index in [0.717, 1.165) is 5.56 Å². The van der Waals surface area contributed by atoms with Gasteiger partial charge in [-0.15, -0.1) is 0 Å². The van der Waals surface area contributed by atoms with Crippen molar-refractivity contribution in [1.82, 2.24) is 9.97 Å². The standard InChI is InChI=1S/C20H22N4O3/c1-26-9-10-27-12-13-5-4-6-14(11-13)17(21)18(22)19-20(25)24-16-8-3-2-7-15(16)23-19/h2-8,11H,9-10,12,21-22H2,1H3,(H,24,25)/b18-17+. The summed E-state index contributed by atoms with van der Waals surface area (Å²) in [5, 5.41) is 0. The molecule has 5 N–H and O–H groups in total. The van der Waals surface area contributed by atoms with Crippen molar-refractivity contribution < 1.29 is 9.47 Å². The van der Waals surface area contributed by atoms with E-state index in [1.165, 1.54) is 0 Å². The Morgan fingerprint density at radius 3 is 2.70 bits per heavy atom. The number of methoxy groups -OCH3 is 1. The molecule has 7 nitrogen and oxygen atoms in total. The SMILES string of the molecule is COCCOCc1cccc(/C(N)=C(\N)c2nc3ccccc3[nH]c2=O)c1. The van der Waals surface area contributed by atoms with Gasteiger partial charge in [-0.3, -0.25) is 4.79 Å². The van der Waals surface area contributed by atoms with Gasteiger partial charge in [0.1, 0.15) is 0 Å². The van der Waals surface area contributed by atoms with E-state index in [0.29, 0.717) is 42.1 Å². The van der Waals surface area contributed by atoms with Crippen LogP contribution in [0.2, 0.25) is 0 Å². The third kappa shape index (κ3) is 4.33. The van der Waals surface area contributed by atoms with Crippen molar-refractivity contribution in [2.75, 3.05) is 20.3 Å². The van der Waals surface area contributed by atoms with Crippen LogP contribution < -0.4 is 17.0 Å². The molecular formula is C20H22N4O3. The molecule has 2 aromatic carbocycles. The zero-order chi connectivity index (χ0) is 19.2. The Labute approximate surface area is 156 Å². The smallest absolute Gasteiger partial charge is 0.276 e. The van der Waals surface area contributed by atoms with E-state index in [9.17, 15) is 4.79 Å². The largest absolute Gasteiger partial charge is 0.397 e. The molecule has 140 valence electrons. The Balaban J connectivity index is 1.91. The number of nitrogens with two attached hydrogens (primary N) is 2. The Hall–Kier alpha value is -3.16. The number of H-pyrrole nitrogens is 1. The second kappa shape index (κ2) is 8.48. The fourth-order valence-corrected chi connectivity index (χ4v) is 2.66. The predicted octanol–water partition coefficient (Wildman–Crippen LogP) is 1.83. The number of rotatable bonds is 7. The molecule has 3 aromatic rings. The van der Waals surface area contributed by atoms with Crippen molar-refractivity contribution >= 4 is 22.4 Å². The molecule has 7 heteroatoms. The highest BCUT2D eigenvalue weighted by Crippen LogP contribution is 2.18. The lowest BCUT2D eigenvalue weighted by atomic mass is 10.1. The molecule has 27 heavy (non-hydrogen) atoms. The summed E-state index contributed by atoms with van der Waals surface area (Å²) < 4.78 is 10.5. The summed E-state index contributed by atoms with van der Waals surface area (Å²) >= 11 is 0. The highest BCUT2D eigenvalue weighted by Gasteiger charge is 2.12. The maximum absolute atomic E-state index is 12.4. The number of hydrogen-bond donors (Lipinski definition) is 3. The molecular weight excluding hydrogens is 344 g/mol. The van der Waals surface area contributed by atoms with Gasteiger partial charge < -0.3 is 25.9 Å². The van der Waals surface area contributed by atoms with Gasteiger partial charge in [0.05, 0.1) is 42.2 Å². The molecule has 3 rings (SSSR count). The summed E-state index contributed by atoms with van der Waals surface area (Å²) in [6.45, 7) is 1.47. The number of benzene rings is 2. The normalized spacial score (nSPS) is 12.2. The Bertz CT molecular complexity index is 1030. The van der Waals surface area contributed by atoms with Crippen LogP contribution in [0.3, 0.4) is 0 Å². The minimum absolute atomic E-state index is 0.105. The molecule has 0 aliphatic carbocycles. The number of fused-ring (bicyclic) bond motifs is 1. The first kappa shape index (κ1) is 18.6. The average molecular weight is 366 g/mol. The molecule has 0 fully saturated rings. The predicted molar refractivity (Wildman–Crippen MR) is 106 cm³/mol. The molecule has 1 aromatic heterocycles. The average Bonchev–Trinajstić information content (AvgIpc) is 2.70. The number of aromatic nitrogens is 2. The molecule has 0 unspecified atom stereocenters. The molecule has 1 heterocycles. The first-order valence-corrected chi connectivity index (χ1v) is 8.51. The van der Waals surface area contributed by atoms with Crippen molar-refractivity contribution in [1.29, 1.82) is 0 Å². The quantitative estimate of drug-likeness (QED) is 0.549. The third-order valence-corrected chi connectivity index (χ3v) is 4.08. The van der Waals surface area contributed by atoms with Gasteiger partial charge >= 0.3 is 0 Å². The van der Waals surface area contributed by atoms with Gasteiger partial charge in [-0.25, -0.2) is 4.98 Å². The van der Waals surface area contributed by atoms with Crippen LogP contribution in [0.4, 0.5) is 0 Å². The number of nitrogens with zero attached hydrogens (tertiary/aromatic N) is 1. The number of ether oxygens (including phenoxy) is 2. The molecule has 0 radical (unpaired) electrons. The molecule has 0 saturated carbocycles. The van der Waals surface area contributed by atoms with E-state index < -0.39 is 0 Å². The molecule has 0 aliphatic rings. The monoisotopic (exact) mass is 366 g/mol.